The van der Waals surface area contributed by atoms with E-state index in [1.165, 1.54) is 0 Å². The van der Waals surface area contributed by atoms with Gasteiger partial charge in [-0.2, -0.15) is 0 Å². The van der Waals surface area contributed by atoms with Gasteiger partial charge in [0.25, 0.3) is 0 Å². The van der Waals surface area contributed by atoms with Crippen LogP contribution in [-0.4, -0.2) is 11.6 Å². The van der Waals surface area contributed by atoms with E-state index in [9.17, 15) is 0 Å². The van der Waals surface area contributed by atoms with Crippen molar-refractivity contribution in [3.63, 3.8) is 0 Å². The molecule has 1 heterocycles. The molecule has 110 valence electrons. The quantitative estimate of drug-likeness (QED) is 0.844. The maximum absolute atomic E-state index is 5.72. The maximum Gasteiger partial charge on any atom is 0.214 e. The summed E-state index contributed by atoms with van der Waals surface area (Å²) in [5, 5.41) is 0. The van der Waals surface area contributed by atoms with Gasteiger partial charge in [-0.25, -0.2) is 4.98 Å². The summed E-state index contributed by atoms with van der Waals surface area (Å²) in [6.45, 7) is 3.15. The van der Waals surface area contributed by atoms with Crippen LogP contribution in [0.3, 0.4) is 0 Å². The third kappa shape index (κ3) is 5.04. The fourth-order valence-corrected chi connectivity index (χ4v) is 2.08. The molecule has 21 heavy (non-hydrogen) atoms. The van der Waals surface area contributed by atoms with E-state index in [1.54, 1.807) is 0 Å². The summed E-state index contributed by atoms with van der Waals surface area (Å²) in [6.07, 6.45) is 6.05. The van der Waals surface area contributed by atoms with Gasteiger partial charge >= 0.3 is 0 Å². The van der Waals surface area contributed by atoms with E-state index >= 15 is 0 Å². The minimum absolute atomic E-state index is 0.501. The van der Waals surface area contributed by atoms with E-state index in [0.29, 0.717) is 19.0 Å². The van der Waals surface area contributed by atoms with E-state index in [-0.39, 0.29) is 0 Å². The Morgan fingerprint density at radius 3 is 2.71 bits per heavy atom. The molecular formula is C18H22N2O. The summed E-state index contributed by atoms with van der Waals surface area (Å²) in [5.74, 6) is 0.652. The Labute approximate surface area is 126 Å². The number of hydrogen-bond acceptors (Lipinski definition) is 3. The molecule has 0 atom stereocenters. The molecule has 2 N–H and O–H groups in total. The first-order valence-electron chi connectivity index (χ1n) is 7.36. The molecule has 0 aliphatic heterocycles. The lowest BCUT2D eigenvalue weighted by Crippen LogP contribution is -2.03. The van der Waals surface area contributed by atoms with Crippen LogP contribution in [0.4, 0.5) is 0 Å². The molecule has 1 aromatic carbocycles. The average Bonchev–Trinajstić information content (AvgIpc) is 2.53. The predicted molar refractivity (Wildman–Crippen MR) is 87.1 cm³/mol. The van der Waals surface area contributed by atoms with Crippen LogP contribution in [-0.2, 0) is 13.0 Å². The minimum Gasteiger partial charge on any atom is -0.473 e. The molecule has 2 aromatic rings. The topological polar surface area (TPSA) is 48.1 Å². The highest BCUT2D eigenvalue weighted by molar-refractivity contribution is 5.48. The smallest absolute Gasteiger partial charge is 0.214 e. The highest BCUT2D eigenvalue weighted by Gasteiger charge is 2.02. The highest BCUT2D eigenvalue weighted by Crippen LogP contribution is 2.14. The molecule has 0 spiro atoms. The van der Waals surface area contributed by atoms with Crippen molar-refractivity contribution in [1.29, 1.82) is 0 Å². The number of nitrogens with zero attached hydrogens (tertiary/aromatic N) is 1. The van der Waals surface area contributed by atoms with Gasteiger partial charge in [0.15, 0.2) is 0 Å². The Morgan fingerprint density at radius 1 is 1.19 bits per heavy atom. The molecule has 0 unspecified atom stereocenters. The second kappa shape index (κ2) is 8.22. The molecule has 0 radical (unpaired) electrons. The lowest BCUT2D eigenvalue weighted by Gasteiger charge is -2.07. The van der Waals surface area contributed by atoms with E-state index in [1.807, 2.05) is 36.4 Å². The molecule has 0 aliphatic carbocycles. The first kappa shape index (κ1) is 15.3. The minimum atomic E-state index is 0.501. The third-order valence-corrected chi connectivity index (χ3v) is 3.09. The lowest BCUT2D eigenvalue weighted by atomic mass is 10.1. The number of aryl methyl sites for hydroxylation is 1. The Bertz CT molecular complexity index is 579. The van der Waals surface area contributed by atoms with Gasteiger partial charge in [-0.1, -0.05) is 49.8 Å². The summed E-state index contributed by atoms with van der Waals surface area (Å²) in [7, 11) is 0. The average molecular weight is 282 g/mol. The summed E-state index contributed by atoms with van der Waals surface area (Å²) in [5.41, 5.74) is 8.99. The standard InChI is InChI=1S/C18H22N2O/c1-2-7-17-12-16(14-19)13-18(20-17)21-11-6-10-15-8-4-3-5-9-15/h3-6,8-10,12-13H,2,7,11,14,19H2,1H3/b10-6+. The maximum atomic E-state index is 5.72. The first-order chi connectivity index (χ1) is 10.3. The van der Waals surface area contributed by atoms with Crippen molar-refractivity contribution in [2.75, 3.05) is 6.61 Å². The highest BCUT2D eigenvalue weighted by atomic mass is 16.5. The number of benzene rings is 1. The van der Waals surface area contributed by atoms with Crippen LogP contribution < -0.4 is 10.5 Å². The molecule has 1 aromatic heterocycles. The summed E-state index contributed by atoms with van der Waals surface area (Å²) in [4.78, 5) is 4.50. The van der Waals surface area contributed by atoms with Crippen molar-refractivity contribution in [3.05, 3.63) is 65.4 Å². The number of ether oxygens (including phenoxy) is 1. The molecule has 0 saturated heterocycles. The van der Waals surface area contributed by atoms with Crippen molar-refractivity contribution < 1.29 is 4.74 Å². The van der Waals surface area contributed by atoms with Crippen LogP contribution in [0.15, 0.2) is 48.5 Å². The zero-order valence-electron chi connectivity index (χ0n) is 12.5. The van der Waals surface area contributed by atoms with Gasteiger partial charge in [-0.3, -0.25) is 0 Å². The largest absolute Gasteiger partial charge is 0.473 e. The monoisotopic (exact) mass is 282 g/mol. The van der Waals surface area contributed by atoms with Gasteiger partial charge in [0.05, 0.1) is 0 Å². The van der Waals surface area contributed by atoms with Gasteiger partial charge in [0.1, 0.15) is 6.61 Å². The Balaban J connectivity index is 1.96. The van der Waals surface area contributed by atoms with E-state index in [4.69, 9.17) is 10.5 Å². The van der Waals surface area contributed by atoms with E-state index < -0.39 is 0 Å². The first-order valence-corrected chi connectivity index (χ1v) is 7.36. The molecule has 0 bridgehead atoms. The molecule has 0 fully saturated rings. The Hall–Kier alpha value is -2.13. The fraction of sp³-hybridized carbons (Fsp3) is 0.278. The second-order valence-electron chi connectivity index (χ2n) is 4.88. The van der Waals surface area contributed by atoms with Crippen LogP contribution in [0.1, 0.15) is 30.2 Å². The van der Waals surface area contributed by atoms with E-state index in [2.05, 4.69) is 30.1 Å². The zero-order chi connectivity index (χ0) is 14.9. The van der Waals surface area contributed by atoms with Gasteiger partial charge in [-0.15, -0.1) is 0 Å². The molecule has 3 heteroatoms. The van der Waals surface area contributed by atoms with Gasteiger partial charge < -0.3 is 10.5 Å². The number of hydrogen-bond donors (Lipinski definition) is 1. The van der Waals surface area contributed by atoms with Gasteiger partial charge in [-0.05, 0) is 29.7 Å². The molecule has 0 amide bonds. The van der Waals surface area contributed by atoms with Crippen LogP contribution >= 0.6 is 0 Å². The summed E-state index contributed by atoms with van der Waals surface area (Å²) >= 11 is 0. The Kier molecular flexibility index (Phi) is 5.98. The third-order valence-electron chi connectivity index (χ3n) is 3.09. The summed E-state index contributed by atoms with van der Waals surface area (Å²) < 4.78 is 5.70. The van der Waals surface area contributed by atoms with Gasteiger partial charge in [0.2, 0.25) is 5.88 Å². The van der Waals surface area contributed by atoms with Crippen LogP contribution in [0.5, 0.6) is 5.88 Å². The van der Waals surface area contributed by atoms with Crippen LogP contribution in [0.25, 0.3) is 6.08 Å². The lowest BCUT2D eigenvalue weighted by molar-refractivity contribution is 0.347. The molecule has 0 aliphatic rings. The predicted octanol–water partition coefficient (Wildman–Crippen LogP) is 3.59. The van der Waals surface area contributed by atoms with Crippen LogP contribution in [0.2, 0.25) is 0 Å². The molecule has 2 rings (SSSR count). The number of rotatable bonds is 7. The number of nitrogens with two attached hydrogens (primary N) is 1. The van der Waals surface area contributed by atoms with Crippen molar-refractivity contribution >= 4 is 6.08 Å². The molecule has 3 nitrogen and oxygen atoms in total. The molecule has 0 saturated carbocycles. The van der Waals surface area contributed by atoms with E-state index in [0.717, 1.165) is 29.7 Å². The molecular weight excluding hydrogens is 260 g/mol. The SMILES string of the molecule is CCCc1cc(CN)cc(OC/C=C/c2ccccc2)n1. The van der Waals surface area contributed by atoms with Crippen LogP contribution in [0, 0.1) is 0 Å². The number of aromatic nitrogens is 1. The fourth-order valence-electron chi connectivity index (χ4n) is 2.08. The normalized spacial score (nSPS) is 11.0. The van der Waals surface area contributed by atoms with Crippen molar-refractivity contribution in [3.8, 4) is 5.88 Å². The van der Waals surface area contributed by atoms with Crippen molar-refractivity contribution in [1.82, 2.24) is 4.98 Å². The van der Waals surface area contributed by atoms with Gasteiger partial charge in [0, 0.05) is 18.3 Å². The summed E-state index contributed by atoms with van der Waals surface area (Å²) in [6, 6.07) is 14.1. The number of pyridine rings is 1. The Morgan fingerprint density at radius 2 is 2.00 bits per heavy atom. The zero-order valence-corrected chi connectivity index (χ0v) is 12.5. The van der Waals surface area contributed by atoms with Crippen molar-refractivity contribution in [2.45, 2.75) is 26.3 Å². The second-order valence-corrected chi connectivity index (χ2v) is 4.88. The van der Waals surface area contributed by atoms with Crippen molar-refractivity contribution in [2.24, 2.45) is 5.73 Å².